The minimum absolute atomic E-state index is 0.0532. The Bertz CT molecular complexity index is 2420. The number of aliphatic hydroxyl groups excluding tert-OH is 4. The highest BCUT2D eigenvalue weighted by Gasteiger charge is 2.51. The fourth-order valence-corrected chi connectivity index (χ4v) is 8.02. The van der Waals surface area contributed by atoms with E-state index in [0.717, 1.165) is 51.4 Å². The van der Waals surface area contributed by atoms with E-state index >= 15 is 0 Å². The van der Waals surface area contributed by atoms with Crippen molar-refractivity contribution in [2.75, 3.05) is 13.2 Å². The number of carboxylic acid groups (broad SMARTS) is 3. The van der Waals surface area contributed by atoms with Gasteiger partial charge in [-0.1, -0.05) is 0 Å². The Morgan fingerprint density at radius 2 is 1.43 bits per heavy atom. The molecule has 2 fully saturated rings. The molecule has 2 unspecified atom stereocenters. The van der Waals surface area contributed by atoms with Gasteiger partial charge in [0.25, 0.3) is 5.56 Å². The Morgan fingerprint density at radius 1 is 0.789 bits per heavy atom. The Labute approximate surface area is 429 Å². The molecule has 5 amide bonds. The summed E-state index contributed by atoms with van der Waals surface area (Å²) in [7, 11) is -5.42. The molecule has 76 heavy (non-hydrogen) atoms. The highest BCUT2D eigenvalue weighted by molar-refractivity contribution is 7.47. The number of aromatic nitrogens is 2. The second-order valence-electron chi connectivity index (χ2n) is 17.4. The number of H-pyrrole nitrogens is 1. The zero-order chi connectivity index (χ0) is 57.5. The predicted octanol–water partition coefficient (Wildman–Crippen LogP) is -6.91. The van der Waals surface area contributed by atoms with Gasteiger partial charge in [0.1, 0.15) is 79.0 Å². The summed E-state index contributed by atoms with van der Waals surface area (Å²) in [6.45, 7) is 3.35. The molecule has 3 heterocycles. The largest absolute Gasteiger partial charge is 0.480 e. The fraction of sp³-hybridized carbons (Fsp3) is 0.683. The number of aliphatic carboxylic acids is 3. The summed E-state index contributed by atoms with van der Waals surface area (Å²) in [4.78, 5) is 148. The first-order valence-corrected chi connectivity index (χ1v) is 24.6. The van der Waals surface area contributed by atoms with Gasteiger partial charge in [0.15, 0.2) is 18.6 Å². The molecule has 1 aromatic rings. The fourth-order valence-electron chi connectivity index (χ4n) is 7.19. The molecule has 16 N–H and O–H groups in total. The molecule has 0 bridgehead atoms. The van der Waals surface area contributed by atoms with Gasteiger partial charge in [-0.15, -0.1) is 0 Å². The number of phosphoric ester groups is 1. The molecule has 0 aliphatic carbocycles. The van der Waals surface area contributed by atoms with Crippen LogP contribution in [0.15, 0.2) is 21.9 Å². The normalized spacial score (nSPS) is 25.9. The first kappa shape index (κ1) is 64.0. The first-order valence-electron chi connectivity index (χ1n) is 23.1. The van der Waals surface area contributed by atoms with Crippen LogP contribution in [0.25, 0.3) is 0 Å². The van der Waals surface area contributed by atoms with E-state index in [1.54, 1.807) is 0 Å². The van der Waals surface area contributed by atoms with E-state index in [1.165, 1.54) is 0 Å². The number of esters is 1. The van der Waals surface area contributed by atoms with Crippen molar-refractivity contribution >= 4 is 61.2 Å². The number of amides is 5. The van der Waals surface area contributed by atoms with Crippen molar-refractivity contribution in [3.8, 4) is 0 Å². The van der Waals surface area contributed by atoms with Crippen molar-refractivity contribution in [3.05, 3.63) is 33.1 Å². The zero-order valence-corrected chi connectivity index (χ0v) is 42.1. The van der Waals surface area contributed by atoms with Crippen molar-refractivity contribution in [1.29, 1.82) is 0 Å². The molecule has 1 aromatic heterocycles. The van der Waals surface area contributed by atoms with Crippen LogP contribution in [0.3, 0.4) is 0 Å². The minimum atomic E-state index is -5.42. The lowest BCUT2D eigenvalue weighted by molar-refractivity contribution is -0.261. The molecule has 3 rings (SSSR count). The Kier molecular flexibility index (Phi) is 24.2. The third kappa shape index (κ3) is 18.8. The second-order valence-corrected chi connectivity index (χ2v) is 18.8. The molecule has 17 atom stereocenters. The maximum atomic E-state index is 13.4. The number of ether oxygens (including phenoxy) is 4. The average Bonchev–Trinajstić information content (AvgIpc) is 3.61. The summed E-state index contributed by atoms with van der Waals surface area (Å²) in [5, 5.41) is 81.4. The molecular weight excluding hydrogens is 1050 g/mol. The summed E-state index contributed by atoms with van der Waals surface area (Å²) < 4.78 is 45.5. The Hall–Kier alpha value is -6.30. The summed E-state index contributed by atoms with van der Waals surface area (Å²) >= 11 is 0. The van der Waals surface area contributed by atoms with Crippen molar-refractivity contribution in [2.24, 2.45) is 5.73 Å². The molecular formula is C41H63N8O26P. The van der Waals surface area contributed by atoms with Gasteiger partial charge in [-0.05, 0) is 53.4 Å². The van der Waals surface area contributed by atoms with Crippen molar-refractivity contribution in [1.82, 2.24) is 36.1 Å². The average molecular weight is 1110 g/mol. The SMILES string of the molecule is CC(=O)N[C@H]1[C@H](OP(=O)(O)OC[C@H]2O[C@@H](n3ccc(=O)[nH]c3=O)[C@H](O)[C@@H]2O)O[C@H](CO)[C@@H](O)[C@@H]1OC(C)C(=O)N[C@@H](C)C(=O)N[C@H](CCC(=O)N[C@@H](CCC[C@@H](N)C(=O)O)C(=O)N[C@H](C)C(=O)O[C@H](C)C(=O)O)C(=O)O. The number of carbonyl (C=O) groups is 9. The number of nitrogens with one attached hydrogen (secondary N) is 6. The molecule has 0 saturated carbocycles. The highest BCUT2D eigenvalue weighted by Crippen LogP contribution is 2.47. The Balaban J connectivity index is 1.66. The lowest BCUT2D eigenvalue weighted by atomic mass is 9.96. The predicted molar refractivity (Wildman–Crippen MR) is 246 cm³/mol. The van der Waals surface area contributed by atoms with E-state index in [9.17, 15) is 87.7 Å². The van der Waals surface area contributed by atoms with E-state index in [2.05, 4.69) is 26.6 Å². The topological polar surface area (TPSA) is 529 Å². The van der Waals surface area contributed by atoms with Gasteiger partial charge in [0.2, 0.25) is 29.5 Å². The molecule has 0 spiro atoms. The van der Waals surface area contributed by atoms with Crippen LogP contribution in [0.5, 0.6) is 0 Å². The minimum Gasteiger partial charge on any atom is -0.480 e. The molecule has 428 valence electrons. The zero-order valence-electron chi connectivity index (χ0n) is 41.2. The van der Waals surface area contributed by atoms with E-state index in [4.69, 9.17) is 43.9 Å². The van der Waals surface area contributed by atoms with Crippen LogP contribution in [-0.4, -0.2) is 208 Å². The number of phosphoric acid groups is 1. The Morgan fingerprint density at radius 3 is 2.01 bits per heavy atom. The van der Waals surface area contributed by atoms with E-state index < -0.39 is 196 Å². The van der Waals surface area contributed by atoms with Crippen molar-refractivity contribution in [3.63, 3.8) is 0 Å². The molecule has 0 radical (unpaired) electrons. The highest BCUT2D eigenvalue weighted by atomic mass is 31.2. The summed E-state index contributed by atoms with van der Waals surface area (Å²) in [5.41, 5.74) is 3.71. The van der Waals surface area contributed by atoms with Gasteiger partial charge < -0.3 is 91.9 Å². The number of aromatic amines is 1. The molecule has 35 heteroatoms. The van der Waals surface area contributed by atoms with E-state index in [0.29, 0.717) is 0 Å². The molecule has 2 aliphatic heterocycles. The quantitative estimate of drug-likeness (QED) is 0.0262. The van der Waals surface area contributed by atoms with E-state index in [-0.39, 0.29) is 19.3 Å². The smallest absolute Gasteiger partial charge is 0.474 e. The third-order valence-electron chi connectivity index (χ3n) is 11.4. The summed E-state index contributed by atoms with van der Waals surface area (Å²) in [5.74, 6) is -10.7. The van der Waals surface area contributed by atoms with E-state index in [1.807, 2.05) is 4.98 Å². The second kappa shape index (κ2) is 28.7. The van der Waals surface area contributed by atoms with Gasteiger partial charge >= 0.3 is 37.4 Å². The van der Waals surface area contributed by atoms with Crippen molar-refractivity contribution in [2.45, 2.75) is 164 Å². The maximum absolute atomic E-state index is 13.4. The number of hydrogen-bond acceptors (Lipinski definition) is 23. The molecule has 34 nitrogen and oxygen atoms in total. The van der Waals surface area contributed by atoms with Crippen LogP contribution in [0, 0.1) is 0 Å². The monoisotopic (exact) mass is 1110 g/mol. The lowest BCUT2D eigenvalue weighted by Gasteiger charge is -2.44. The van der Waals surface area contributed by atoms with Gasteiger partial charge in [-0.2, -0.15) is 0 Å². The summed E-state index contributed by atoms with van der Waals surface area (Å²) in [6.07, 6.45) is -18.5. The van der Waals surface area contributed by atoms with Gasteiger partial charge in [0, 0.05) is 25.6 Å². The first-order chi connectivity index (χ1) is 35.4. The number of carboxylic acids is 3. The standard InChI is InChI=1S/C41H63N8O26P/c1-15(32(57)47-22(38(64)65)9-10-25(52)46-21(8-6-7-20(42)37(62)63)34(59)44-16(2)39(66)72-18(4)36(60)61)43-33(58)17(3)71-31-27(45-19(5)51)40(74-23(13-50)29(31)55)75-76(68,69)70-14-24-28(54)30(56)35(73-24)49-12-11-26(53)48-41(49)67/h11-12,15-18,20-24,27-31,35,40,50,54-56H,6-10,13-14,42H2,1-5H3,(H,43,58)(H,44,59)(H,45,51)(H,46,52)(H,47,57)(H,60,61)(H,62,63)(H,64,65)(H,68,69)(H,48,53,67)/t15-,16+,17?,18+,20+,21-,22+,23+,24+,27+,28+,29+,30+,31+,35+,40-/m0/s1. The maximum Gasteiger partial charge on any atom is 0.474 e. The molecule has 2 aliphatic rings. The van der Waals surface area contributed by atoms with Crippen LogP contribution in [0.4, 0.5) is 0 Å². The van der Waals surface area contributed by atoms with Gasteiger partial charge in [-0.25, -0.2) is 23.7 Å². The van der Waals surface area contributed by atoms with Crippen LogP contribution in [0.1, 0.15) is 73.0 Å². The number of nitrogens with zero attached hydrogens (tertiary/aromatic N) is 1. The number of hydrogen-bond donors (Lipinski definition) is 15. The third-order valence-corrected chi connectivity index (χ3v) is 12.4. The summed E-state index contributed by atoms with van der Waals surface area (Å²) in [6, 6.07) is -8.49. The number of nitrogens with two attached hydrogens (primary N) is 1. The molecule has 0 aromatic carbocycles. The lowest BCUT2D eigenvalue weighted by Crippen LogP contribution is -2.66. The number of rotatable bonds is 29. The van der Waals surface area contributed by atoms with Gasteiger partial charge in [0.05, 0.1) is 13.2 Å². The number of carbonyl (C=O) groups excluding carboxylic acids is 6. The van der Waals surface area contributed by atoms with Crippen LogP contribution in [0.2, 0.25) is 0 Å². The van der Waals surface area contributed by atoms with Crippen LogP contribution in [-0.2, 0) is 75.7 Å². The van der Waals surface area contributed by atoms with Gasteiger partial charge in [-0.3, -0.25) is 52.2 Å². The molecule has 2 saturated heterocycles. The number of aliphatic hydroxyl groups is 4. The van der Waals surface area contributed by atoms with Crippen molar-refractivity contribution < 1.29 is 116 Å². The van der Waals surface area contributed by atoms with Crippen LogP contribution < -0.4 is 43.6 Å². The van der Waals surface area contributed by atoms with Crippen LogP contribution >= 0.6 is 7.82 Å².